The molecule has 1 N–H and O–H groups in total. The predicted molar refractivity (Wildman–Crippen MR) is 124 cm³/mol. The van der Waals surface area contributed by atoms with E-state index in [0.717, 1.165) is 16.0 Å². The van der Waals surface area contributed by atoms with Crippen LogP contribution in [0.25, 0.3) is 5.57 Å². The summed E-state index contributed by atoms with van der Waals surface area (Å²) in [6.07, 6.45) is 0. The van der Waals surface area contributed by atoms with E-state index < -0.39 is 16.7 Å². The molecule has 0 saturated heterocycles. The van der Waals surface area contributed by atoms with Crippen molar-refractivity contribution in [2.45, 2.75) is 13.8 Å². The molecule has 0 radical (unpaired) electrons. The quantitative estimate of drug-likeness (QED) is 0.327. The number of nitro groups is 1. The number of carbonyl (C=O) groups excluding carboxylic acids is 2. The number of imide groups is 1. The van der Waals surface area contributed by atoms with Crippen LogP contribution in [0.3, 0.4) is 0 Å². The number of amides is 2. The van der Waals surface area contributed by atoms with Crippen LogP contribution in [0.1, 0.15) is 16.7 Å². The fourth-order valence-corrected chi connectivity index (χ4v) is 3.72. The first kappa shape index (κ1) is 21.3. The zero-order chi connectivity index (χ0) is 23.0. The first-order valence-electron chi connectivity index (χ1n) is 9.74. The lowest BCUT2D eigenvalue weighted by Crippen LogP contribution is -2.32. The molecule has 160 valence electrons. The van der Waals surface area contributed by atoms with Gasteiger partial charge < -0.3 is 5.32 Å². The van der Waals surface area contributed by atoms with Gasteiger partial charge in [0.1, 0.15) is 5.70 Å². The second-order valence-electron chi connectivity index (χ2n) is 7.42. The Bertz CT molecular complexity index is 1280. The molecule has 0 fully saturated rings. The Morgan fingerprint density at radius 3 is 2.16 bits per heavy atom. The Labute approximate surface area is 189 Å². The first-order valence-corrected chi connectivity index (χ1v) is 10.1. The Kier molecular flexibility index (Phi) is 5.50. The van der Waals surface area contributed by atoms with Crippen LogP contribution < -0.4 is 10.2 Å². The second kappa shape index (κ2) is 8.28. The molecular formula is C24H18ClN3O4. The van der Waals surface area contributed by atoms with Gasteiger partial charge in [-0.1, -0.05) is 29.3 Å². The molecular weight excluding hydrogens is 430 g/mol. The molecule has 1 aliphatic rings. The van der Waals surface area contributed by atoms with Crippen LogP contribution in [0.5, 0.6) is 0 Å². The number of halogens is 1. The number of nitro benzene ring substituents is 1. The minimum absolute atomic E-state index is 0.0925. The van der Waals surface area contributed by atoms with Crippen molar-refractivity contribution in [1.29, 1.82) is 0 Å². The molecule has 32 heavy (non-hydrogen) atoms. The summed E-state index contributed by atoms with van der Waals surface area (Å²) in [6.45, 7) is 3.74. The van der Waals surface area contributed by atoms with Gasteiger partial charge in [0.25, 0.3) is 17.5 Å². The molecule has 2 amide bonds. The number of carbonyl (C=O) groups is 2. The summed E-state index contributed by atoms with van der Waals surface area (Å²) in [5.41, 5.74) is 3.37. The number of non-ortho nitro benzene ring substituents is 1. The lowest BCUT2D eigenvalue weighted by Gasteiger charge is -2.16. The molecule has 1 heterocycles. The summed E-state index contributed by atoms with van der Waals surface area (Å²) in [4.78, 5) is 38.4. The lowest BCUT2D eigenvalue weighted by molar-refractivity contribution is -0.384. The highest BCUT2D eigenvalue weighted by Crippen LogP contribution is 2.35. The summed E-state index contributed by atoms with van der Waals surface area (Å²) in [7, 11) is 0. The number of rotatable bonds is 5. The predicted octanol–water partition coefficient (Wildman–Crippen LogP) is 5.26. The number of aryl methyl sites for hydroxylation is 2. The monoisotopic (exact) mass is 447 g/mol. The molecule has 4 rings (SSSR count). The highest BCUT2D eigenvalue weighted by atomic mass is 35.5. The molecule has 0 aromatic heterocycles. The first-order chi connectivity index (χ1) is 15.3. The number of anilines is 2. The molecule has 0 aliphatic carbocycles. The lowest BCUT2D eigenvalue weighted by atomic mass is 10.0. The number of nitrogens with zero attached hydrogens (tertiary/aromatic N) is 2. The van der Waals surface area contributed by atoms with E-state index in [2.05, 4.69) is 5.32 Å². The average Bonchev–Trinajstić information content (AvgIpc) is 3.00. The van der Waals surface area contributed by atoms with Crippen LogP contribution in [-0.4, -0.2) is 16.7 Å². The highest BCUT2D eigenvalue weighted by Gasteiger charge is 2.40. The maximum atomic E-state index is 13.4. The number of hydrogen-bond donors (Lipinski definition) is 1. The van der Waals surface area contributed by atoms with Crippen LogP contribution in [0.15, 0.2) is 72.4 Å². The summed E-state index contributed by atoms with van der Waals surface area (Å²) >= 11 is 6.04. The topological polar surface area (TPSA) is 92.6 Å². The van der Waals surface area contributed by atoms with Gasteiger partial charge >= 0.3 is 0 Å². The largest absolute Gasteiger partial charge is 0.350 e. The average molecular weight is 448 g/mol. The van der Waals surface area contributed by atoms with E-state index in [0.29, 0.717) is 22.0 Å². The van der Waals surface area contributed by atoms with E-state index in [-0.39, 0.29) is 17.0 Å². The van der Waals surface area contributed by atoms with E-state index in [4.69, 9.17) is 11.6 Å². The Hall–Kier alpha value is -3.97. The maximum Gasteiger partial charge on any atom is 0.282 e. The van der Waals surface area contributed by atoms with Gasteiger partial charge in [0.2, 0.25) is 0 Å². The highest BCUT2D eigenvalue weighted by molar-refractivity contribution is 6.46. The van der Waals surface area contributed by atoms with Crippen molar-refractivity contribution in [1.82, 2.24) is 0 Å². The standard InChI is InChI=1S/C24H18ClN3O4/c1-14-3-8-18(9-4-14)27-23(29)21(16-5-10-19(11-6-16)28(31)32)22(24(27)30)26-20-12-7-17(25)13-15(20)2/h3-13,26H,1-2H3. The third-order valence-corrected chi connectivity index (χ3v) is 5.43. The Morgan fingerprint density at radius 2 is 1.56 bits per heavy atom. The number of nitrogens with one attached hydrogen (secondary N) is 1. The normalized spacial score (nSPS) is 13.7. The summed E-state index contributed by atoms with van der Waals surface area (Å²) < 4.78 is 0. The molecule has 0 bridgehead atoms. The molecule has 0 spiro atoms. The molecule has 0 atom stereocenters. The van der Waals surface area contributed by atoms with E-state index >= 15 is 0 Å². The fraction of sp³-hybridized carbons (Fsp3) is 0.0833. The van der Waals surface area contributed by atoms with Crippen molar-refractivity contribution in [3.8, 4) is 0 Å². The van der Waals surface area contributed by atoms with E-state index in [9.17, 15) is 19.7 Å². The summed E-state index contributed by atoms with van der Waals surface area (Å²) in [5.74, 6) is -1.02. The van der Waals surface area contributed by atoms with Crippen molar-refractivity contribution >= 4 is 46.1 Å². The van der Waals surface area contributed by atoms with Gasteiger partial charge in [-0.2, -0.15) is 0 Å². The van der Waals surface area contributed by atoms with Crippen LogP contribution >= 0.6 is 11.6 Å². The maximum absolute atomic E-state index is 13.4. The van der Waals surface area contributed by atoms with Crippen molar-refractivity contribution in [2.24, 2.45) is 0 Å². The van der Waals surface area contributed by atoms with Gasteiger partial charge in [0, 0.05) is 22.8 Å². The van der Waals surface area contributed by atoms with Gasteiger partial charge in [-0.15, -0.1) is 0 Å². The van der Waals surface area contributed by atoms with Crippen molar-refractivity contribution in [3.05, 3.63) is 104 Å². The number of benzene rings is 3. The molecule has 1 aliphatic heterocycles. The van der Waals surface area contributed by atoms with E-state index in [1.165, 1.54) is 24.3 Å². The molecule has 0 saturated carbocycles. The Morgan fingerprint density at radius 1 is 0.906 bits per heavy atom. The summed E-state index contributed by atoms with van der Waals surface area (Å²) in [6, 6.07) is 17.7. The van der Waals surface area contributed by atoms with Gasteiger partial charge in [-0.25, -0.2) is 4.90 Å². The fourth-order valence-electron chi connectivity index (χ4n) is 3.49. The third-order valence-electron chi connectivity index (χ3n) is 5.19. The van der Waals surface area contributed by atoms with Gasteiger partial charge in [0.15, 0.2) is 0 Å². The SMILES string of the molecule is Cc1ccc(N2C(=O)C(Nc3ccc(Cl)cc3C)=C(c3ccc([N+](=O)[O-])cc3)C2=O)cc1. The molecule has 8 heteroatoms. The smallest absolute Gasteiger partial charge is 0.282 e. The van der Waals surface area contributed by atoms with Crippen LogP contribution in [0, 0.1) is 24.0 Å². The van der Waals surface area contributed by atoms with Gasteiger partial charge in [0.05, 0.1) is 16.2 Å². The van der Waals surface area contributed by atoms with Crippen molar-refractivity contribution in [3.63, 3.8) is 0 Å². The Balaban J connectivity index is 1.83. The molecule has 3 aromatic carbocycles. The van der Waals surface area contributed by atoms with E-state index in [1.54, 1.807) is 30.3 Å². The third kappa shape index (κ3) is 3.86. The van der Waals surface area contributed by atoms with Gasteiger partial charge in [-0.3, -0.25) is 19.7 Å². The molecule has 7 nitrogen and oxygen atoms in total. The van der Waals surface area contributed by atoms with Gasteiger partial charge in [-0.05, 0) is 67.4 Å². The van der Waals surface area contributed by atoms with Crippen molar-refractivity contribution in [2.75, 3.05) is 10.2 Å². The summed E-state index contributed by atoms with van der Waals surface area (Å²) in [5, 5.41) is 14.7. The zero-order valence-corrected chi connectivity index (χ0v) is 18.0. The zero-order valence-electron chi connectivity index (χ0n) is 17.3. The van der Waals surface area contributed by atoms with Crippen molar-refractivity contribution < 1.29 is 14.5 Å². The number of hydrogen-bond acceptors (Lipinski definition) is 5. The molecule has 0 unspecified atom stereocenters. The van der Waals surface area contributed by atoms with Crippen LogP contribution in [-0.2, 0) is 9.59 Å². The minimum Gasteiger partial charge on any atom is -0.350 e. The molecule has 3 aromatic rings. The van der Waals surface area contributed by atoms with E-state index in [1.807, 2.05) is 26.0 Å². The minimum atomic E-state index is -0.519. The van der Waals surface area contributed by atoms with Crippen LogP contribution in [0.2, 0.25) is 5.02 Å². The van der Waals surface area contributed by atoms with Crippen LogP contribution in [0.4, 0.5) is 17.1 Å². The second-order valence-corrected chi connectivity index (χ2v) is 7.86.